The minimum absolute atomic E-state index is 0.0533. The van der Waals surface area contributed by atoms with Crippen molar-refractivity contribution >= 4 is 26.0 Å². The molecule has 0 amide bonds. The van der Waals surface area contributed by atoms with E-state index in [2.05, 4.69) is 20.7 Å². The molecule has 0 spiro atoms. The first-order valence-electron chi connectivity index (χ1n) is 5.16. The molecule has 6 heteroatoms. The first-order chi connectivity index (χ1) is 7.03. The van der Waals surface area contributed by atoms with E-state index in [9.17, 15) is 8.42 Å². The Hall–Kier alpha value is 0.350. The first kappa shape index (κ1) is 13.4. The maximum absolute atomic E-state index is 11.5. The van der Waals surface area contributed by atoms with Crippen molar-refractivity contribution in [2.75, 3.05) is 19.5 Å². The van der Waals surface area contributed by atoms with Crippen LogP contribution < -0.4 is 4.72 Å². The van der Waals surface area contributed by atoms with Crippen molar-refractivity contribution in [3.8, 4) is 0 Å². The highest BCUT2D eigenvalue weighted by Crippen LogP contribution is 2.24. The third-order valence-electron chi connectivity index (χ3n) is 2.56. The molecule has 0 aromatic carbocycles. The predicted octanol–water partition coefficient (Wildman–Crippen LogP) is 1.26. The number of halogens is 1. The number of methoxy groups -OCH3 is 1. The van der Waals surface area contributed by atoms with Gasteiger partial charge in [-0.05, 0) is 25.7 Å². The summed E-state index contributed by atoms with van der Waals surface area (Å²) in [5.74, 6) is 0.0533. The topological polar surface area (TPSA) is 55.4 Å². The summed E-state index contributed by atoms with van der Waals surface area (Å²) in [7, 11) is -1.65. The van der Waals surface area contributed by atoms with Crippen LogP contribution in [0.15, 0.2) is 0 Å². The van der Waals surface area contributed by atoms with Crippen molar-refractivity contribution in [2.24, 2.45) is 0 Å². The van der Waals surface area contributed by atoms with E-state index < -0.39 is 10.0 Å². The number of rotatable bonds is 5. The molecule has 4 nitrogen and oxygen atoms in total. The zero-order valence-corrected chi connectivity index (χ0v) is 11.3. The molecular weight excluding hydrogens is 282 g/mol. The van der Waals surface area contributed by atoms with Gasteiger partial charge in [-0.15, -0.1) is 0 Å². The molecule has 1 N–H and O–H groups in total. The normalized spacial score (nSPS) is 27.9. The Kier molecular flexibility index (Phi) is 5.52. The summed E-state index contributed by atoms with van der Waals surface area (Å²) >= 11 is 3.54. The van der Waals surface area contributed by atoms with Crippen LogP contribution in [0.4, 0.5) is 0 Å². The molecule has 0 radical (unpaired) electrons. The average molecular weight is 300 g/mol. The minimum Gasteiger partial charge on any atom is -0.384 e. The van der Waals surface area contributed by atoms with Crippen LogP contribution in [0.3, 0.4) is 0 Å². The highest BCUT2D eigenvalue weighted by atomic mass is 79.9. The van der Waals surface area contributed by atoms with Gasteiger partial charge >= 0.3 is 0 Å². The van der Waals surface area contributed by atoms with E-state index in [1.54, 1.807) is 0 Å². The number of nitrogens with one attached hydrogen (secondary N) is 1. The van der Waals surface area contributed by atoms with Crippen LogP contribution in [0.2, 0.25) is 0 Å². The van der Waals surface area contributed by atoms with E-state index in [1.807, 2.05) is 0 Å². The quantitative estimate of drug-likeness (QED) is 0.778. The lowest BCUT2D eigenvalue weighted by atomic mass is 9.96. The van der Waals surface area contributed by atoms with Crippen LogP contribution in [0.1, 0.15) is 25.7 Å². The van der Waals surface area contributed by atoms with E-state index in [0.29, 0.717) is 4.83 Å². The largest absolute Gasteiger partial charge is 0.384 e. The van der Waals surface area contributed by atoms with Gasteiger partial charge in [-0.2, -0.15) is 0 Å². The standard InChI is InChI=1S/C9H18BrNO3S/c1-14-6-7-15(12,13)11-9-4-2-8(10)3-5-9/h8-9,11H,2-7H2,1H3. The van der Waals surface area contributed by atoms with E-state index in [-0.39, 0.29) is 18.4 Å². The summed E-state index contributed by atoms with van der Waals surface area (Å²) in [5, 5.41) is 0. The second-order valence-corrected chi connectivity index (χ2v) is 7.05. The van der Waals surface area contributed by atoms with E-state index in [0.717, 1.165) is 25.7 Å². The Balaban J connectivity index is 2.34. The summed E-state index contributed by atoms with van der Waals surface area (Å²) < 4.78 is 30.6. The van der Waals surface area contributed by atoms with Crippen molar-refractivity contribution in [2.45, 2.75) is 36.6 Å². The number of alkyl halides is 1. The Bertz CT molecular complexity index is 273. The van der Waals surface area contributed by atoms with Crippen molar-refractivity contribution in [3.05, 3.63) is 0 Å². The maximum Gasteiger partial charge on any atom is 0.214 e. The fourth-order valence-electron chi connectivity index (χ4n) is 1.68. The van der Waals surface area contributed by atoms with Gasteiger partial charge in [-0.3, -0.25) is 0 Å². The molecule has 0 aliphatic heterocycles. The second-order valence-electron chi connectivity index (χ2n) is 3.88. The molecule has 0 unspecified atom stereocenters. The Morgan fingerprint density at radius 2 is 1.93 bits per heavy atom. The van der Waals surface area contributed by atoms with Crippen LogP contribution in [0.5, 0.6) is 0 Å². The van der Waals surface area contributed by atoms with Gasteiger partial charge in [0.05, 0.1) is 12.4 Å². The number of ether oxygens (including phenoxy) is 1. The zero-order valence-electron chi connectivity index (χ0n) is 8.91. The molecule has 1 aliphatic carbocycles. The van der Waals surface area contributed by atoms with Gasteiger partial charge in [0, 0.05) is 18.0 Å². The van der Waals surface area contributed by atoms with Crippen molar-refractivity contribution < 1.29 is 13.2 Å². The summed E-state index contributed by atoms with van der Waals surface area (Å²) in [6, 6.07) is 0.112. The Morgan fingerprint density at radius 3 is 2.47 bits per heavy atom. The van der Waals surface area contributed by atoms with Gasteiger partial charge in [0.15, 0.2) is 0 Å². The molecular formula is C9H18BrNO3S. The lowest BCUT2D eigenvalue weighted by Crippen LogP contribution is -2.39. The predicted molar refractivity (Wildman–Crippen MR) is 63.8 cm³/mol. The van der Waals surface area contributed by atoms with Gasteiger partial charge in [0.2, 0.25) is 10.0 Å². The van der Waals surface area contributed by atoms with Gasteiger partial charge in [0.1, 0.15) is 0 Å². The molecule has 0 saturated heterocycles. The van der Waals surface area contributed by atoms with Gasteiger partial charge < -0.3 is 4.74 Å². The Morgan fingerprint density at radius 1 is 1.33 bits per heavy atom. The van der Waals surface area contributed by atoms with Crippen molar-refractivity contribution in [1.82, 2.24) is 4.72 Å². The van der Waals surface area contributed by atoms with Crippen LogP contribution in [0.25, 0.3) is 0 Å². The molecule has 90 valence electrons. The smallest absolute Gasteiger partial charge is 0.214 e. The third-order valence-corrected chi connectivity index (χ3v) is 4.87. The third kappa shape index (κ3) is 5.29. The fourth-order valence-corrected chi connectivity index (χ4v) is 3.45. The monoisotopic (exact) mass is 299 g/mol. The van der Waals surface area contributed by atoms with Gasteiger partial charge in [-0.1, -0.05) is 15.9 Å². The Labute approximate surface area is 99.9 Å². The average Bonchev–Trinajstić information content (AvgIpc) is 2.18. The summed E-state index contributed by atoms with van der Waals surface area (Å²) in [4.78, 5) is 0.553. The molecule has 0 aromatic heterocycles. The molecule has 1 fully saturated rings. The van der Waals surface area contributed by atoms with E-state index in [1.165, 1.54) is 7.11 Å². The molecule has 1 saturated carbocycles. The van der Waals surface area contributed by atoms with Gasteiger partial charge in [-0.25, -0.2) is 13.1 Å². The van der Waals surface area contributed by atoms with E-state index in [4.69, 9.17) is 4.74 Å². The van der Waals surface area contributed by atoms with E-state index >= 15 is 0 Å². The molecule has 15 heavy (non-hydrogen) atoms. The lowest BCUT2D eigenvalue weighted by molar-refractivity contribution is 0.216. The van der Waals surface area contributed by atoms with Crippen molar-refractivity contribution in [3.63, 3.8) is 0 Å². The maximum atomic E-state index is 11.5. The SMILES string of the molecule is COCCS(=O)(=O)NC1CCC(Br)CC1. The molecule has 0 aromatic rings. The zero-order chi connectivity index (χ0) is 11.3. The summed E-state index contributed by atoms with van der Waals surface area (Å²) in [5.41, 5.74) is 0. The molecule has 0 heterocycles. The lowest BCUT2D eigenvalue weighted by Gasteiger charge is -2.25. The number of sulfonamides is 1. The van der Waals surface area contributed by atoms with Crippen LogP contribution in [-0.4, -0.2) is 38.8 Å². The first-order valence-corrected chi connectivity index (χ1v) is 7.73. The van der Waals surface area contributed by atoms with Crippen molar-refractivity contribution in [1.29, 1.82) is 0 Å². The fraction of sp³-hybridized carbons (Fsp3) is 1.00. The molecule has 1 rings (SSSR count). The van der Waals surface area contributed by atoms with Crippen LogP contribution in [0, 0.1) is 0 Å². The highest BCUT2D eigenvalue weighted by molar-refractivity contribution is 9.09. The molecule has 0 bridgehead atoms. The molecule has 0 atom stereocenters. The van der Waals surface area contributed by atoms with Gasteiger partial charge in [0.25, 0.3) is 0 Å². The number of hydrogen-bond donors (Lipinski definition) is 1. The number of hydrogen-bond acceptors (Lipinski definition) is 3. The summed E-state index contributed by atoms with van der Waals surface area (Å²) in [6.45, 7) is 0.253. The minimum atomic E-state index is -3.15. The van der Waals surface area contributed by atoms with Crippen LogP contribution >= 0.6 is 15.9 Å². The highest BCUT2D eigenvalue weighted by Gasteiger charge is 2.23. The van der Waals surface area contributed by atoms with Crippen LogP contribution in [-0.2, 0) is 14.8 Å². The second kappa shape index (κ2) is 6.18. The molecule has 1 aliphatic rings. The summed E-state index contributed by atoms with van der Waals surface area (Å²) in [6.07, 6.45) is 3.92.